The topological polar surface area (TPSA) is 132 Å². The van der Waals surface area contributed by atoms with E-state index >= 15 is 0 Å². The first kappa shape index (κ1) is 21.5. The van der Waals surface area contributed by atoms with Crippen molar-refractivity contribution in [2.24, 2.45) is 0 Å². The van der Waals surface area contributed by atoms with E-state index in [9.17, 15) is 24.5 Å². The molecule has 0 spiro atoms. The number of hydrogen-bond acceptors (Lipinski definition) is 7. The molecule has 1 aromatic heterocycles. The van der Waals surface area contributed by atoms with Crippen LogP contribution in [0.5, 0.6) is 5.75 Å². The molecule has 0 atom stereocenters. The molecule has 4 amide bonds. The Hall–Kier alpha value is -4.73. The maximum absolute atomic E-state index is 13.0. The summed E-state index contributed by atoms with van der Waals surface area (Å²) in [7, 11) is 1.40. The van der Waals surface area contributed by atoms with Gasteiger partial charge < -0.3 is 9.15 Å². The van der Waals surface area contributed by atoms with E-state index < -0.39 is 22.8 Å². The highest BCUT2D eigenvalue weighted by atomic mass is 16.6. The van der Waals surface area contributed by atoms with Crippen LogP contribution in [0.1, 0.15) is 11.3 Å². The van der Waals surface area contributed by atoms with Crippen LogP contribution in [0, 0.1) is 17.0 Å². The van der Waals surface area contributed by atoms with Gasteiger partial charge in [0.2, 0.25) is 0 Å². The summed E-state index contributed by atoms with van der Waals surface area (Å²) in [6.07, 6.45) is 1.18. The average Bonchev–Trinajstić information content (AvgIpc) is 3.26. The Balaban J connectivity index is 1.69. The number of nitrogens with one attached hydrogen (secondary N) is 1. The lowest BCUT2D eigenvalue weighted by Gasteiger charge is -2.26. The number of barbiturate groups is 1. The van der Waals surface area contributed by atoms with Gasteiger partial charge >= 0.3 is 6.03 Å². The summed E-state index contributed by atoms with van der Waals surface area (Å²) in [6.45, 7) is 1.86. The number of rotatable bonds is 5. The molecule has 4 rings (SSSR count). The van der Waals surface area contributed by atoms with E-state index in [1.807, 2.05) is 6.92 Å². The van der Waals surface area contributed by atoms with Gasteiger partial charge in [-0.1, -0.05) is 17.7 Å². The zero-order chi connectivity index (χ0) is 23.7. The summed E-state index contributed by atoms with van der Waals surface area (Å²) < 4.78 is 10.7. The first-order chi connectivity index (χ1) is 15.8. The molecule has 1 N–H and O–H groups in total. The van der Waals surface area contributed by atoms with Crippen LogP contribution in [0.2, 0.25) is 0 Å². The Morgan fingerprint density at radius 1 is 1.06 bits per heavy atom. The van der Waals surface area contributed by atoms with Gasteiger partial charge in [0.05, 0.1) is 29.4 Å². The van der Waals surface area contributed by atoms with Crippen LogP contribution in [0.4, 0.5) is 16.2 Å². The summed E-state index contributed by atoms with van der Waals surface area (Å²) >= 11 is 0. The van der Waals surface area contributed by atoms with Crippen molar-refractivity contribution in [2.45, 2.75) is 6.92 Å². The number of carbonyl (C=O) groups is 3. The predicted molar refractivity (Wildman–Crippen MR) is 118 cm³/mol. The van der Waals surface area contributed by atoms with Gasteiger partial charge in [-0.25, -0.2) is 9.69 Å². The van der Waals surface area contributed by atoms with E-state index in [2.05, 4.69) is 5.32 Å². The van der Waals surface area contributed by atoms with Crippen LogP contribution in [0.3, 0.4) is 0 Å². The number of aryl methyl sites for hydroxylation is 1. The Morgan fingerprint density at radius 3 is 2.45 bits per heavy atom. The second-order valence-electron chi connectivity index (χ2n) is 7.14. The molecule has 1 fully saturated rings. The van der Waals surface area contributed by atoms with Gasteiger partial charge in [0, 0.05) is 0 Å². The molecule has 1 aliphatic rings. The van der Waals surface area contributed by atoms with E-state index in [1.54, 1.807) is 30.3 Å². The molecule has 0 bridgehead atoms. The predicted octanol–water partition coefficient (Wildman–Crippen LogP) is 3.84. The van der Waals surface area contributed by atoms with Crippen LogP contribution < -0.4 is 15.0 Å². The average molecular weight is 447 g/mol. The molecule has 2 heterocycles. The summed E-state index contributed by atoms with van der Waals surface area (Å²) in [6, 6.07) is 13.0. The van der Waals surface area contributed by atoms with Crippen LogP contribution in [0.15, 0.2) is 64.6 Å². The molecule has 0 saturated carbocycles. The second kappa shape index (κ2) is 8.42. The fraction of sp³-hybridized carbons (Fsp3) is 0.0870. The number of nitro groups is 1. The third-order valence-corrected chi connectivity index (χ3v) is 4.97. The van der Waals surface area contributed by atoms with Crippen LogP contribution in [-0.4, -0.2) is 29.9 Å². The summed E-state index contributed by atoms with van der Waals surface area (Å²) in [5.41, 5.74) is 0.883. The molecule has 3 aromatic rings. The minimum atomic E-state index is -0.873. The lowest BCUT2D eigenvalue weighted by Crippen LogP contribution is -2.54. The lowest BCUT2D eigenvalue weighted by atomic mass is 10.1. The van der Waals surface area contributed by atoms with Crippen molar-refractivity contribution in [3.8, 4) is 17.1 Å². The zero-order valence-corrected chi connectivity index (χ0v) is 17.5. The number of ether oxygens (including phenoxy) is 1. The van der Waals surface area contributed by atoms with Crippen molar-refractivity contribution in [3.05, 3.63) is 81.6 Å². The molecule has 2 aromatic carbocycles. The van der Waals surface area contributed by atoms with E-state index in [0.717, 1.165) is 10.5 Å². The molecule has 1 aliphatic heterocycles. The van der Waals surface area contributed by atoms with Crippen molar-refractivity contribution in [2.75, 3.05) is 12.0 Å². The monoisotopic (exact) mass is 447 g/mol. The SMILES string of the molecule is COc1ccc(-c2ccc(/C=C3\C(=O)NC(=O)N(c4ccc(C)cc4)C3=O)o2)c([N+](=O)[O-])c1. The normalized spacial score (nSPS) is 15.0. The van der Waals surface area contributed by atoms with Gasteiger partial charge in [-0.3, -0.25) is 25.0 Å². The number of furan rings is 1. The molecule has 10 heteroatoms. The standard InChI is InChI=1S/C23H17N3O7/c1-13-3-5-14(6-4-13)25-22(28)18(21(27)24-23(25)29)11-16-8-10-20(33-16)17-9-7-15(32-2)12-19(17)26(30)31/h3-12H,1-2H3,(H,24,27,29)/b18-11+. The van der Waals surface area contributed by atoms with Crippen molar-refractivity contribution in [3.63, 3.8) is 0 Å². The van der Waals surface area contributed by atoms with Crippen LogP contribution in [-0.2, 0) is 9.59 Å². The van der Waals surface area contributed by atoms with Crippen molar-refractivity contribution in [1.82, 2.24) is 5.32 Å². The smallest absolute Gasteiger partial charge is 0.335 e. The fourth-order valence-electron chi connectivity index (χ4n) is 3.30. The van der Waals surface area contributed by atoms with Crippen molar-refractivity contribution in [1.29, 1.82) is 0 Å². The number of anilines is 1. The van der Waals surface area contributed by atoms with E-state index in [-0.39, 0.29) is 28.3 Å². The van der Waals surface area contributed by atoms with Crippen molar-refractivity contribution < 1.29 is 28.5 Å². The molecule has 1 saturated heterocycles. The number of amides is 4. The Labute approximate surface area is 187 Å². The Morgan fingerprint density at radius 2 is 1.79 bits per heavy atom. The van der Waals surface area contributed by atoms with Gasteiger partial charge in [0.1, 0.15) is 22.8 Å². The van der Waals surface area contributed by atoms with E-state index in [0.29, 0.717) is 11.4 Å². The minimum absolute atomic E-state index is 0.104. The molecule has 0 aliphatic carbocycles. The molecule has 33 heavy (non-hydrogen) atoms. The lowest BCUT2D eigenvalue weighted by molar-refractivity contribution is -0.384. The van der Waals surface area contributed by atoms with Crippen molar-refractivity contribution >= 4 is 35.3 Å². The molecule has 0 unspecified atom stereocenters. The minimum Gasteiger partial charge on any atom is -0.497 e. The third kappa shape index (κ3) is 4.09. The Kier molecular flexibility index (Phi) is 5.49. The van der Waals surface area contributed by atoms with E-state index in [1.165, 1.54) is 37.5 Å². The first-order valence-corrected chi connectivity index (χ1v) is 9.69. The van der Waals surface area contributed by atoms with E-state index in [4.69, 9.17) is 9.15 Å². The van der Waals surface area contributed by atoms with Gasteiger partial charge in [-0.15, -0.1) is 0 Å². The summed E-state index contributed by atoms with van der Waals surface area (Å²) in [4.78, 5) is 49.3. The Bertz CT molecular complexity index is 1320. The highest BCUT2D eigenvalue weighted by Gasteiger charge is 2.37. The highest BCUT2D eigenvalue weighted by molar-refractivity contribution is 6.39. The van der Waals surface area contributed by atoms with Gasteiger partial charge in [0.15, 0.2) is 0 Å². The zero-order valence-electron chi connectivity index (χ0n) is 17.5. The summed E-state index contributed by atoms with van der Waals surface area (Å²) in [5.74, 6) is -1.12. The van der Waals surface area contributed by atoms with Gasteiger partial charge in [0.25, 0.3) is 17.5 Å². The second-order valence-corrected chi connectivity index (χ2v) is 7.14. The maximum atomic E-state index is 13.0. The molecule has 10 nitrogen and oxygen atoms in total. The van der Waals surface area contributed by atoms with Gasteiger partial charge in [-0.05, 0) is 49.4 Å². The molecule has 166 valence electrons. The largest absolute Gasteiger partial charge is 0.497 e. The number of imide groups is 2. The van der Waals surface area contributed by atoms with Gasteiger partial charge in [-0.2, -0.15) is 0 Å². The highest BCUT2D eigenvalue weighted by Crippen LogP contribution is 2.34. The summed E-state index contributed by atoms with van der Waals surface area (Å²) in [5, 5.41) is 13.6. The first-order valence-electron chi connectivity index (χ1n) is 9.69. The number of urea groups is 1. The number of methoxy groups -OCH3 is 1. The quantitative estimate of drug-likeness (QED) is 0.272. The number of nitro benzene ring substituents is 1. The fourth-order valence-corrected chi connectivity index (χ4v) is 3.30. The third-order valence-electron chi connectivity index (χ3n) is 4.97. The number of benzene rings is 2. The molecule has 0 radical (unpaired) electrons. The maximum Gasteiger partial charge on any atom is 0.335 e. The number of carbonyl (C=O) groups excluding carboxylic acids is 3. The van der Waals surface area contributed by atoms with Crippen LogP contribution >= 0.6 is 0 Å². The van der Waals surface area contributed by atoms with Crippen LogP contribution in [0.25, 0.3) is 17.4 Å². The number of nitrogens with zero attached hydrogens (tertiary/aromatic N) is 2. The number of hydrogen-bond donors (Lipinski definition) is 1. The molecular weight excluding hydrogens is 430 g/mol. The molecular formula is C23H17N3O7.